The van der Waals surface area contributed by atoms with E-state index in [2.05, 4.69) is 23.8 Å². The van der Waals surface area contributed by atoms with E-state index < -0.39 is 21.9 Å². The minimum atomic E-state index is -3.94. The first-order valence-electron chi connectivity index (χ1n) is 13.1. The van der Waals surface area contributed by atoms with Gasteiger partial charge in [-0.2, -0.15) is 4.31 Å². The molecule has 2 aromatic carbocycles. The molecule has 206 valence electrons. The molecule has 0 unspecified atom stereocenters. The first-order valence-corrected chi connectivity index (χ1v) is 14.6. The van der Waals surface area contributed by atoms with Crippen LogP contribution in [0.3, 0.4) is 0 Å². The molecule has 0 spiro atoms. The minimum Gasteiger partial charge on any atom is -0.487 e. The summed E-state index contributed by atoms with van der Waals surface area (Å²) < 4.78 is 54.7. The SMILES string of the molecule is C[C@H](CO)N1C[C@H](C)[C@H](CN(C)CC2CCOCC2)Oc2cc(C#Cc3ccccc3F)ccc2S1(=O)=O. The number of rotatable bonds is 6. The Morgan fingerprint density at radius 2 is 1.89 bits per heavy atom. The number of halogens is 1. The van der Waals surface area contributed by atoms with Crippen LogP contribution in [-0.2, 0) is 14.8 Å². The van der Waals surface area contributed by atoms with Crippen molar-refractivity contribution in [3.8, 4) is 17.6 Å². The van der Waals surface area contributed by atoms with Gasteiger partial charge in [-0.1, -0.05) is 30.9 Å². The fourth-order valence-corrected chi connectivity index (χ4v) is 6.80. The van der Waals surface area contributed by atoms with Crippen molar-refractivity contribution < 1.29 is 27.4 Å². The summed E-state index contributed by atoms with van der Waals surface area (Å²) in [6.07, 6.45) is 1.76. The number of nitrogens with zero attached hydrogens (tertiary/aromatic N) is 2. The Kier molecular flexibility index (Phi) is 9.45. The maximum absolute atomic E-state index is 14.1. The van der Waals surface area contributed by atoms with Crippen LogP contribution in [0.5, 0.6) is 5.75 Å². The van der Waals surface area contributed by atoms with E-state index in [-0.39, 0.29) is 41.4 Å². The molecule has 0 radical (unpaired) electrons. The molecular formula is C29H37FN2O5S. The number of benzene rings is 2. The zero-order chi connectivity index (χ0) is 27.3. The summed E-state index contributed by atoms with van der Waals surface area (Å²) in [5.41, 5.74) is 0.781. The molecule has 7 nitrogen and oxygen atoms in total. The molecule has 0 bridgehead atoms. The van der Waals surface area contributed by atoms with Gasteiger partial charge in [0.25, 0.3) is 0 Å². The van der Waals surface area contributed by atoms with Crippen LogP contribution in [0.25, 0.3) is 0 Å². The van der Waals surface area contributed by atoms with E-state index in [1.807, 2.05) is 6.92 Å². The van der Waals surface area contributed by atoms with Crippen LogP contribution in [0.15, 0.2) is 47.4 Å². The fourth-order valence-electron chi connectivity index (χ4n) is 4.97. The molecule has 2 aliphatic rings. The molecule has 1 fully saturated rings. The van der Waals surface area contributed by atoms with E-state index in [0.29, 0.717) is 18.0 Å². The average molecular weight is 545 g/mol. The molecule has 1 saturated heterocycles. The maximum atomic E-state index is 14.1. The van der Waals surface area contributed by atoms with Crippen molar-refractivity contribution >= 4 is 10.0 Å². The van der Waals surface area contributed by atoms with Gasteiger partial charge in [-0.05, 0) is 63.1 Å². The number of likely N-dealkylation sites (N-methyl/N-ethyl adjacent to an activating group) is 1. The van der Waals surface area contributed by atoms with Crippen LogP contribution in [0.2, 0.25) is 0 Å². The Hall–Kier alpha value is -2.48. The van der Waals surface area contributed by atoms with Gasteiger partial charge in [0.05, 0.1) is 12.2 Å². The van der Waals surface area contributed by atoms with Crippen LogP contribution < -0.4 is 4.74 Å². The van der Waals surface area contributed by atoms with Gasteiger partial charge in [-0.3, -0.25) is 0 Å². The molecular weight excluding hydrogens is 507 g/mol. The zero-order valence-electron chi connectivity index (χ0n) is 22.3. The zero-order valence-corrected chi connectivity index (χ0v) is 23.1. The van der Waals surface area contributed by atoms with Crippen LogP contribution >= 0.6 is 0 Å². The lowest BCUT2D eigenvalue weighted by molar-refractivity contribution is 0.0402. The van der Waals surface area contributed by atoms with E-state index in [4.69, 9.17) is 9.47 Å². The lowest BCUT2D eigenvalue weighted by Crippen LogP contribution is -2.50. The van der Waals surface area contributed by atoms with E-state index >= 15 is 0 Å². The summed E-state index contributed by atoms with van der Waals surface area (Å²) in [6.45, 7) is 6.71. The number of aliphatic hydroxyl groups is 1. The summed E-state index contributed by atoms with van der Waals surface area (Å²) in [4.78, 5) is 2.28. The number of aliphatic hydroxyl groups excluding tert-OH is 1. The minimum absolute atomic E-state index is 0.0400. The molecule has 38 heavy (non-hydrogen) atoms. The normalized spacial score (nSPS) is 22.9. The van der Waals surface area contributed by atoms with Gasteiger partial charge < -0.3 is 19.5 Å². The van der Waals surface area contributed by atoms with Crippen molar-refractivity contribution in [2.45, 2.75) is 43.7 Å². The molecule has 0 amide bonds. The van der Waals surface area contributed by atoms with Crippen LogP contribution in [0, 0.1) is 29.5 Å². The van der Waals surface area contributed by atoms with Crippen LogP contribution in [-0.4, -0.2) is 81.4 Å². The molecule has 2 aromatic rings. The van der Waals surface area contributed by atoms with Crippen molar-refractivity contribution in [2.24, 2.45) is 11.8 Å². The largest absolute Gasteiger partial charge is 0.487 e. The van der Waals surface area contributed by atoms with E-state index in [0.717, 1.165) is 32.6 Å². The third kappa shape index (κ3) is 6.74. The molecule has 4 rings (SSSR count). The first-order chi connectivity index (χ1) is 18.2. The average Bonchev–Trinajstić information content (AvgIpc) is 2.90. The molecule has 1 N–H and O–H groups in total. The van der Waals surface area contributed by atoms with Gasteiger partial charge in [0, 0.05) is 50.4 Å². The summed E-state index contributed by atoms with van der Waals surface area (Å²) in [6, 6.07) is 10.4. The maximum Gasteiger partial charge on any atom is 0.247 e. The second kappa shape index (κ2) is 12.6. The topological polar surface area (TPSA) is 79.3 Å². The number of sulfonamides is 1. The second-order valence-electron chi connectivity index (χ2n) is 10.4. The first kappa shape index (κ1) is 28.5. The number of ether oxygens (including phenoxy) is 2. The van der Waals surface area contributed by atoms with Crippen molar-refractivity contribution in [3.05, 3.63) is 59.4 Å². The monoisotopic (exact) mass is 544 g/mol. The Bertz CT molecular complexity index is 1270. The van der Waals surface area contributed by atoms with E-state index in [9.17, 15) is 17.9 Å². The fraction of sp³-hybridized carbons (Fsp3) is 0.517. The van der Waals surface area contributed by atoms with Crippen molar-refractivity contribution in [2.75, 3.05) is 46.5 Å². The van der Waals surface area contributed by atoms with E-state index in [1.54, 1.807) is 37.3 Å². The van der Waals surface area contributed by atoms with Crippen molar-refractivity contribution in [1.29, 1.82) is 0 Å². The summed E-state index contributed by atoms with van der Waals surface area (Å²) in [5.74, 6) is 5.98. The lowest BCUT2D eigenvalue weighted by atomic mass is 9.98. The Labute approximate surface area is 225 Å². The highest BCUT2D eigenvalue weighted by molar-refractivity contribution is 7.89. The summed E-state index contributed by atoms with van der Waals surface area (Å²) in [5, 5.41) is 9.85. The van der Waals surface area contributed by atoms with Crippen LogP contribution in [0.4, 0.5) is 4.39 Å². The smallest absolute Gasteiger partial charge is 0.247 e. The Morgan fingerprint density at radius 3 is 2.61 bits per heavy atom. The lowest BCUT2D eigenvalue weighted by Gasteiger charge is -2.38. The van der Waals surface area contributed by atoms with Gasteiger partial charge in [0.15, 0.2) is 0 Å². The number of hydrogen-bond acceptors (Lipinski definition) is 6. The van der Waals surface area contributed by atoms with Gasteiger partial charge >= 0.3 is 0 Å². The standard InChI is InChI=1S/C29H37FN2O5S/c1-21-17-32(22(2)20-33)38(34,35)29-11-9-23(8-10-25-6-4-5-7-26(25)30)16-27(29)37-28(21)19-31(3)18-24-12-14-36-15-13-24/h4-7,9,11,16,21-22,24,28,33H,12-15,17-20H2,1-3H3/t21-,22+,28-/m0/s1. The Morgan fingerprint density at radius 1 is 1.16 bits per heavy atom. The molecule has 0 saturated carbocycles. The highest BCUT2D eigenvalue weighted by Gasteiger charge is 2.38. The second-order valence-corrected chi connectivity index (χ2v) is 12.3. The molecule has 2 aliphatic heterocycles. The van der Waals surface area contributed by atoms with Gasteiger partial charge in [0.2, 0.25) is 10.0 Å². The predicted molar refractivity (Wildman–Crippen MR) is 144 cm³/mol. The van der Waals surface area contributed by atoms with Crippen molar-refractivity contribution in [1.82, 2.24) is 9.21 Å². The quantitative estimate of drug-likeness (QED) is 0.562. The van der Waals surface area contributed by atoms with Gasteiger partial charge in [-0.25, -0.2) is 12.8 Å². The molecule has 3 atom stereocenters. The third-order valence-electron chi connectivity index (χ3n) is 7.28. The molecule has 0 aromatic heterocycles. The van der Waals surface area contributed by atoms with E-state index in [1.165, 1.54) is 16.4 Å². The van der Waals surface area contributed by atoms with Gasteiger partial charge in [-0.15, -0.1) is 0 Å². The number of hydrogen-bond donors (Lipinski definition) is 1. The molecule has 0 aliphatic carbocycles. The molecule has 2 heterocycles. The summed E-state index contributed by atoms with van der Waals surface area (Å²) in [7, 11) is -1.88. The number of fused-ring (bicyclic) bond motifs is 1. The predicted octanol–water partition coefficient (Wildman–Crippen LogP) is 3.35. The Balaban J connectivity index is 1.67. The van der Waals surface area contributed by atoms with Crippen molar-refractivity contribution in [3.63, 3.8) is 0 Å². The highest BCUT2D eigenvalue weighted by atomic mass is 32.2. The summed E-state index contributed by atoms with van der Waals surface area (Å²) >= 11 is 0. The third-order valence-corrected chi connectivity index (χ3v) is 9.30. The van der Waals surface area contributed by atoms with Crippen LogP contribution in [0.1, 0.15) is 37.8 Å². The highest BCUT2D eigenvalue weighted by Crippen LogP contribution is 2.34. The molecule has 9 heteroatoms. The van der Waals surface area contributed by atoms with Gasteiger partial charge in [0.1, 0.15) is 22.6 Å².